The summed E-state index contributed by atoms with van der Waals surface area (Å²) in [6.07, 6.45) is -1.85. The molecular weight excluding hydrogens is 1400 g/mol. The zero-order valence-corrected chi connectivity index (χ0v) is 64.9. The third-order valence-corrected chi connectivity index (χ3v) is 21.4. The minimum absolute atomic E-state index is 0.0558. The fraction of sp³-hybridized carbons (Fsp3) is 0.740. The fourth-order valence-corrected chi connectivity index (χ4v) is 14.5. The molecule has 32 heteroatoms. The van der Waals surface area contributed by atoms with Crippen molar-refractivity contribution in [3.8, 4) is 0 Å². The average molecular weight is 1510 g/mol. The van der Waals surface area contributed by atoms with E-state index in [0.29, 0.717) is 45.2 Å². The van der Waals surface area contributed by atoms with Crippen molar-refractivity contribution in [1.82, 2.24) is 64.9 Å². The minimum atomic E-state index is -4.85. The second-order valence-electron chi connectivity index (χ2n) is 30.6. The van der Waals surface area contributed by atoms with Crippen molar-refractivity contribution >= 4 is 88.4 Å². The molecule has 13 amide bonds. The average Bonchev–Trinajstić information content (AvgIpc) is 0.807. The van der Waals surface area contributed by atoms with E-state index >= 15 is 19.2 Å². The van der Waals surface area contributed by atoms with Gasteiger partial charge in [0.25, 0.3) is 5.92 Å². The topological polar surface area (TPSA) is 290 Å². The first-order chi connectivity index (χ1) is 48.8. The number of halogens is 6. The Labute approximate surface area is 619 Å². The predicted octanol–water partition coefficient (Wildman–Crippen LogP) is 5.45. The maximum Gasteiger partial charge on any atom is 0.417 e. The molecule has 3 heterocycles. The van der Waals surface area contributed by atoms with Gasteiger partial charge in [0, 0.05) is 95.4 Å². The summed E-state index contributed by atoms with van der Waals surface area (Å²) in [6.45, 7) is 10.7. The molecule has 4 aliphatic rings. The predicted molar refractivity (Wildman–Crippen MR) is 382 cm³/mol. The number of hydrogen-bond donors (Lipinski definition) is 3. The van der Waals surface area contributed by atoms with Crippen molar-refractivity contribution in [3.05, 3.63) is 34.3 Å². The Hall–Kier alpha value is -7.73. The summed E-state index contributed by atoms with van der Waals surface area (Å²) in [4.78, 5) is 204. The lowest BCUT2D eigenvalue weighted by atomic mass is 9.84. The van der Waals surface area contributed by atoms with Crippen LogP contribution in [0.25, 0.3) is 0 Å². The number of piperidine rings is 2. The largest absolute Gasteiger partial charge is 0.417 e. The highest BCUT2D eigenvalue weighted by atomic mass is 35.5. The number of alkyl halides is 5. The van der Waals surface area contributed by atoms with Gasteiger partial charge >= 0.3 is 6.18 Å². The molecule has 0 aromatic heterocycles. The van der Waals surface area contributed by atoms with Crippen LogP contribution in [0.1, 0.15) is 169 Å². The number of carbonyl (C=O) groups excluding carboxylic acids is 13. The van der Waals surface area contributed by atoms with E-state index in [-0.39, 0.29) is 36.7 Å². The SMILES string of the molecule is CC[C@H](C)[C@@H]1NC(=O)[C@H](CC(C)C)N(C)C(=O)C[C@@H](C(=O)N2CCCCC2)N(C)C(=O)[C@H](C(C)C)N(C)C(=O)C(C)(C)NC(=O)[C@H](CC(=O)N2CCC(F)(F)CC2)N(C)C(=O)[C@H](CCc2ccc(C(F)(F)F)c(Cl)c2)NC(=O)CN(C)C(=O)[C@H](CC2CCCCC2)N(C)C(=O)CN(C)C(=O)CN(C)C1=O. The number of carbonyl (C=O) groups is 13. The van der Waals surface area contributed by atoms with Crippen LogP contribution in [0.2, 0.25) is 5.02 Å². The molecule has 3 N–H and O–H groups in total. The van der Waals surface area contributed by atoms with Crippen LogP contribution in [0.3, 0.4) is 0 Å². The Morgan fingerprint density at radius 3 is 1.75 bits per heavy atom. The van der Waals surface area contributed by atoms with Crippen LogP contribution in [0.15, 0.2) is 18.2 Å². The van der Waals surface area contributed by atoms with Gasteiger partial charge in [-0.15, -0.1) is 0 Å². The Balaban J connectivity index is 1.67. The number of likely N-dealkylation sites (tertiary alicyclic amines) is 2. The van der Waals surface area contributed by atoms with Crippen LogP contribution in [0.4, 0.5) is 22.0 Å². The van der Waals surface area contributed by atoms with Gasteiger partial charge in [-0.25, -0.2) is 8.78 Å². The van der Waals surface area contributed by atoms with E-state index in [0.717, 1.165) is 85.2 Å². The summed E-state index contributed by atoms with van der Waals surface area (Å²) >= 11 is 6.13. The molecule has 8 atom stereocenters. The molecule has 1 saturated carbocycles. The van der Waals surface area contributed by atoms with Gasteiger partial charge in [0.05, 0.1) is 43.1 Å². The van der Waals surface area contributed by atoms with Gasteiger partial charge in [-0.1, -0.05) is 97.7 Å². The second-order valence-corrected chi connectivity index (χ2v) is 31.0. The Kier molecular flexibility index (Phi) is 32.0. The van der Waals surface area contributed by atoms with Crippen LogP contribution in [0.5, 0.6) is 0 Å². The number of benzene rings is 1. The van der Waals surface area contributed by atoms with Crippen LogP contribution in [0, 0.1) is 23.7 Å². The molecule has 105 heavy (non-hydrogen) atoms. The van der Waals surface area contributed by atoms with Crippen molar-refractivity contribution in [1.29, 1.82) is 0 Å². The van der Waals surface area contributed by atoms with Crippen molar-refractivity contribution in [3.63, 3.8) is 0 Å². The summed E-state index contributed by atoms with van der Waals surface area (Å²) in [7, 11) is 10.4. The van der Waals surface area contributed by atoms with E-state index in [1.165, 1.54) is 73.0 Å². The van der Waals surface area contributed by atoms with Crippen LogP contribution in [-0.4, -0.2) is 282 Å². The number of aryl methyl sites for hydroxylation is 1. The Morgan fingerprint density at radius 2 is 1.19 bits per heavy atom. The molecule has 1 aliphatic carbocycles. The smallest absolute Gasteiger partial charge is 0.343 e. The first kappa shape index (κ1) is 87.9. The van der Waals surface area contributed by atoms with Gasteiger partial charge in [0.1, 0.15) is 47.8 Å². The Morgan fingerprint density at radius 1 is 0.619 bits per heavy atom. The van der Waals surface area contributed by atoms with Gasteiger partial charge in [-0.3, -0.25) is 62.3 Å². The van der Waals surface area contributed by atoms with Gasteiger partial charge in [0.2, 0.25) is 76.8 Å². The summed E-state index contributed by atoms with van der Waals surface area (Å²) < 4.78 is 70.9. The zero-order chi connectivity index (χ0) is 79.1. The molecule has 3 saturated heterocycles. The monoisotopic (exact) mass is 1510 g/mol. The van der Waals surface area contributed by atoms with Crippen molar-refractivity contribution in [2.75, 3.05) is 102 Å². The number of likely N-dealkylation sites (N-methyl/N-ethyl adjacent to an activating group) is 8. The number of nitrogens with one attached hydrogen (secondary N) is 3. The van der Waals surface area contributed by atoms with Crippen LogP contribution < -0.4 is 16.0 Å². The molecule has 0 bridgehead atoms. The highest BCUT2D eigenvalue weighted by Gasteiger charge is 2.47. The lowest BCUT2D eigenvalue weighted by Gasteiger charge is -2.41. The van der Waals surface area contributed by atoms with E-state index in [4.69, 9.17) is 11.6 Å². The zero-order valence-electron chi connectivity index (χ0n) is 64.1. The van der Waals surface area contributed by atoms with E-state index in [9.17, 15) is 65.1 Å². The summed E-state index contributed by atoms with van der Waals surface area (Å²) in [6, 6.07) is -7.46. The molecular formula is C73H113ClF5N13O13. The van der Waals surface area contributed by atoms with Gasteiger partial charge < -0.3 is 64.9 Å². The second kappa shape index (κ2) is 38.2. The third kappa shape index (κ3) is 23.9. The first-order valence-corrected chi connectivity index (χ1v) is 37.0. The number of rotatable bonds is 13. The number of hydrogen-bond acceptors (Lipinski definition) is 13. The van der Waals surface area contributed by atoms with Crippen LogP contribution in [-0.2, 0) is 74.9 Å². The standard InChI is InChI=1S/C73H113ClF5N13O13/c1-17-46(6)61-68(103)85(11)42-59(96)83(9)43-60(97)87(13)54(38-47-24-20-18-21-25-47)66(101)84(10)41-56(93)80-51(29-27-48-26-28-49(50(74)37-48)73(77,78)79)65(100)88(14)53(39-58(95)91-34-30-72(75,76)31-35-91)64(99)82-71(7,8)70(105)90(16)62(45(4)5)69(104)89(15)55(67(102)92-32-22-19-23-33-92)40-57(94)86(12)52(36-44(2)3)63(98)81-61/h26,28,37,44-47,51-55,61-62H,17-25,27,29-36,38-43H2,1-16H3,(H,80,93)(H,81,98)(H,82,99)/t46-,51-,52-,53-,54-,55-,61-,62-/m0/s1. The quantitative estimate of drug-likeness (QED) is 0.207. The lowest BCUT2D eigenvalue weighted by molar-refractivity contribution is -0.156. The van der Waals surface area contributed by atoms with Gasteiger partial charge in [0.15, 0.2) is 0 Å². The molecule has 3 aliphatic heterocycles. The number of amides is 13. The van der Waals surface area contributed by atoms with Gasteiger partial charge in [-0.05, 0) is 100 Å². The molecule has 590 valence electrons. The van der Waals surface area contributed by atoms with E-state index in [1.807, 2.05) is 13.8 Å². The normalized spacial score (nSPS) is 25.4. The molecule has 26 nitrogen and oxygen atoms in total. The van der Waals surface area contributed by atoms with E-state index in [2.05, 4.69) is 16.0 Å². The lowest BCUT2D eigenvalue weighted by Crippen LogP contribution is -2.64. The molecule has 0 radical (unpaired) electrons. The van der Waals surface area contributed by atoms with Gasteiger partial charge in [-0.2, -0.15) is 13.2 Å². The molecule has 0 spiro atoms. The van der Waals surface area contributed by atoms with E-state index < -0.39 is 224 Å². The maximum absolute atomic E-state index is 15.3. The first-order valence-electron chi connectivity index (χ1n) is 36.6. The molecule has 4 fully saturated rings. The molecule has 5 rings (SSSR count). The highest BCUT2D eigenvalue weighted by molar-refractivity contribution is 6.31. The highest BCUT2D eigenvalue weighted by Crippen LogP contribution is 2.36. The number of nitrogens with zero attached hydrogens (tertiary/aromatic N) is 10. The Bertz CT molecular complexity index is 3290. The van der Waals surface area contributed by atoms with Crippen molar-refractivity contribution in [2.24, 2.45) is 23.7 Å². The summed E-state index contributed by atoms with van der Waals surface area (Å²) in [5, 5.41) is 7.41. The third-order valence-electron chi connectivity index (χ3n) is 21.1. The van der Waals surface area contributed by atoms with Crippen molar-refractivity contribution < 1.29 is 84.3 Å². The summed E-state index contributed by atoms with van der Waals surface area (Å²) in [5.41, 5.74) is -3.05. The minimum Gasteiger partial charge on any atom is -0.343 e. The summed E-state index contributed by atoms with van der Waals surface area (Å²) in [5.74, 6) is -15.3. The van der Waals surface area contributed by atoms with Crippen molar-refractivity contribution in [2.45, 2.75) is 224 Å². The molecule has 1 aromatic carbocycles. The molecule has 0 unspecified atom stereocenters. The fourth-order valence-electron chi connectivity index (χ4n) is 14.2. The maximum atomic E-state index is 15.3. The molecule has 1 aromatic rings. The van der Waals surface area contributed by atoms with Crippen LogP contribution >= 0.6 is 11.6 Å². The van der Waals surface area contributed by atoms with E-state index in [1.54, 1.807) is 32.6 Å².